The lowest BCUT2D eigenvalue weighted by atomic mass is 10.1. The molecule has 0 radical (unpaired) electrons. The maximum absolute atomic E-state index is 12.8. The van der Waals surface area contributed by atoms with E-state index in [1.807, 2.05) is 49.0 Å². The molecule has 130 valence electrons. The molecule has 0 bridgehead atoms. The van der Waals surface area contributed by atoms with Gasteiger partial charge in [-0.05, 0) is 35.6 Å². The van der Waals surface area contributed by atoms with E-state index in [0.29, 0.717) is 17.0 Å². The summed E-state index contributed by atoms with van der Waals surface area (Å²) in [6, 6.07) is 7.18. The SMILES string of the molecule is CCc1nnsc1C(=O)NC(c1cccc(OC)c1)c1nccn1C. The minimum absolute atomic E-state index is 0.206. The van der Waals surface area contributed by atoms with E-state index in [-0.39, 0.29) is 5.91 Å². The number of aryl methyl sites for hydroxylation is 2. The number of hydrogen-bond acceptors (Lipinski definition) is 6. The molecule has 1 N–H and O–H groups in total. The highest BCUT2D eigenvalue weighted by Gasteiger charge is 2.24. The molecule has 3 aromatic rings. The van der Waals surface area contributed by atoms with Gasteiger partial charge < -0.3 is 14.6 Å². The Balaban J connectivity index is 1.97. The quantitative estimate of drug-likeness (QED) is 0.732. The van der Waals surface area contributed by atoms with E-state index in [1.165, 1.54) is 0 Å². The summed E-state index contributed by atoms with van der Waals surface area (Å²) in [5.74, 6) is 1.25. The highest BCUT2D eigenvalue weighted by molar-refractivity contribution is 7.08. The van der Waals surface area contributed by atoms with Crippen molar-refractivity contribution in [3.05, 3.63) is 58.6 Å². The van der Waals surface area contributed by atoms with E-state index in [1.54, 1.807) is 13.3 Å². The summed E-state index contributed by atoms with van der Waals surface area (Å²) in [6.45, 7) is 1.95. The molecule has 1 amide bonds. The molecule has 0 saturated carbocycles. The summed E-state index contributed by atoms with van der Waals surface area (Å²) in [7, 11) is 3.51. The molecule has 0 fully saturated rings. The van der Waals surface area contributed by atoms with Gasteiger partial charge in [-0.3, -0.25) is 4.79 Å². The van der Waals surface area contributed by atoms with Crippen LogP contribution < -0.4 is 10.1 Å². The molecule has 7 nitrogen and oxygen atoms in total. The van der Waals surface area contributed by atoms with Crippen LogP contribution in [0.15, 0.2) is 36.7 Å². The third-order valence-electron chi connectivity index (χ3n) is 3.92. The largest absolute Gasteiger partial charge is 0.497 e. The fraction of sp³-hybridized carbons (Fsp3) is 0.294. The van der Waals surface area contributed by atoms with Gasteiger partial charge in [-0.1, -0.05) is 23.5 Å². The predicted octanol–water partition coefficient (Wildman–Crippen LogP) is 2.36. The Morgan fingerprint density at radius 1 is 1.44 bits per heavy atom. The van der Waals surface area contributed by atoms with E-state index in [2.05, 4.69) is 19.9 Å². The van der Waals surface area contributed by atoms with Crippen LogP contribution in [0.1, 0.15) is 39.7 Å². The zero-order valence-corrected chi connectivity index (χ0v) is 15.1. The van der Waals surface area contributed by atoms with Crippen molar-refractivity contribution in [3.8, 4) is 5.75 Å². The molecule has 1 unspecified atom stereocenters. The van der Waals surface area contributed by atoms with Crippen LogP contribution >= 0.6 is 11.5 Å². The van der Waals surface area contributed by atoms with Crippen molar-refractivity contribution in [3.63, 3.8) is 0 Å². The zero-order chi connectivity index (χ0) is 17.8. The number of imidazole rings is 1. The molecule has 1 aromatic carbocycles. The Kier molecular flexibility index (Phi) is 5.08. The van der Waals surface area contributed by atoms with E-state index >= 15 is 0 Å². The summed E-state index contributed by atoms with van der Waals surface area (Å²) >= 11 is 1.10. The van der Waals surface area contributed by atoms with Crippen LogP contribution in [0.4, 0.5) is 0 Å². The molecular formula is C17H19N5O2S. The van der Waals surface area contributed by atoms with Crippen molar-refractivity contribution in [2.75, 3.05) is 7.11 Å². The normalized spacial score (nSPS) is 12.0. The monoisotopic (exact) mass is 357 g/mol. The standard InChI is InChI=1S/C17H19N5O2S/c1-4-13-15(25-21-20-13)17(23)19-14(16-18-8-9-22(16)2)11-6-5-7-12(10-11)24-3/h5-10,14H,4H2,1-3H3,(H,19,23). The van der Waals surface area contributed by atoms with Crippen molar-refractivity contribution < 1.29 is 9.53 Å². The predicted molar refractivity (Wildman–Crippen MR) is 94.8 cm³/mol. The molecule has 25 heavy (non-hydrogen) atoms. The van der Waals surface area contributed by atoms with Crippen LogP contribution in [0.3, 0.4) is 0 Å². The minimum Gasteiger partial charge on any atom is -0.497 e. The number of carbonyl (C=O) groups excluding carboxylic acids is 1. The lowest BCUT2D eigenvalue weighted by Crippen LogP contribution is -2.31. The second-order valence-corrected chi connectivity index (χ2v) is 6.24. The third-order valence-corrected chi connectivity index (χ3v) is 4.68. The second-order valence-electron chi connectivity index (χ2n) is 5.48. The number of rotatable bonds is 6. The number of carbonyl (C=O) groups is 1. The van der Waals surface area contributed by atoms with Crippen molar-refractivity contribution in [1.29, 1.82) is 0 Å². The highest BCUT2D eigenvalue weighted by Crippen LogP contribution is 2.25. The second kappa shape index (κ2) is 7.43. The summed E-state index contributed by atoms with van der Waals surface area (Å²) in [6.07, 6.45) is 4.21. The van der Waals surface area contributed by atoms with Crippen LogP contribution in [-0.4, -0.2) is 32.2 Å². The maximum atomic E-state index is 12.8. The Hall–Kier alpha value is -2.74. The van der Waals surface area contributed by atoms with Crippen molar-refractivity contribution in [2.45, 2.75) is 19.4 Å². The number of hydrogen-bond donors (Lipinski definition) is 1. The number of nitrogens with zero attached hydrogens (tertiary/aromatic N) is 4. The fourth-order valence-corrected chi connectivity index (χ4v) is 3.24. The zero-order valence-electron chi connectivity index (χ0n) is 14.3. The first kappa shape index (κ1) is 17.1. The Bertz CT molecular complexity index is 873. The van der Waals surface area contributed by atoms with Crippen LogP contribution in [0.25, 0.3) is 0 Å². The Morgan fingerprint density at radius 2 is 2.28 bits per heavy atom. The van der Waals surface area contributed by atoms with Crippen LogP contribution in [0, 0.1) is 0 Å². The molecule has 1 atom stereocenters. The number of benzene rings is 1. The molecule has 0 saturated heterocycles. The van der Waals surface area contributed by atoms with Crippen molar-refractivity contribution >= 4 is 17.4 Å². The van der Waals surface area contributed by atoms with Crippen molar-refractivity contribution in [1.82, 2.24) is 24.5 Å². The summed E-state index contributed by atoms with van der Waals surface area (Å²) in [5, 5.41) is 7.07. The van der Waals surface area contributed by atoms with Gasteiger partial charge in [0.05, 0.1) is 12.8 Å². The van der Waals surface area contributed by atoms with Gasteiger partial charge >= 0.3 is 0 Å². The van der Waals surface area contributed by atoms with E-state index in [0.717, 1.165) is 28.7 Å². The molecule has 2 heterocycles. The molecule has 8 heteroatoms. The molecular weight excluding hydrogens is 338 g/mol. The Labute approximate surface area is 149 Å². The lowest BCUT2D eigenvalue weighted by Gasteiger charge is -2.19. The molecule has 2 aromatic heterocycles. The van der Waals surface area contributed by atoms with Crippen LogP contribution in [0.2, 0.25) is 0 Å². The number of amides is 1. The van der Waals surface area contributed by atoms with Crippen LogP contribution in [-0.2, 0) is 13.5 Å². The average Bonchev–Trinajstić information content (AvgIpc) is 3.28. The van der Waals surface area contributed by atoms with E-state index in [9.17, 15) is 4.79 Å². The van der Waals surface area contributed by atoms with Gasteiger partial charge in [0.25, 0.3) is 5.91 Å². The molecule has 0 aliphatic rings. The smallest absolute Gasteiger partial charge is 0.265 e. The molecule has 0 aliphatic carbocycles. The van der Waals surface area contributed by atoms with Gasteiger partial charge in [-0.15, -0.1) is 5.10 Å². The fourth-order valence-electron chi connectivity index (χ4n) is 2.58. The first-order valence-electron chi connectivity index (χ1n) is 7.87. The van der Waals surface area contributed by atoms with Gasteiger partial charge in [-0.25, -0.2) is 4.98 Å². The first-order valence-corrected chi connectivity index (χ1v) is 8.64. The van der Waals surface area contributed by atoms with Gasteiger partial charge in [0.2, 0.25) is 0 Å². The topological polar surface area (TPSA) is 81.9 Å². The Morgan fingerprint density at radius 3 is 2.96 bits per heavy atom. The summed E-state index contributed by atoms with van der Waals surface area (Å²) < 4.78 is 11.1. The highest BCUT2D eigenvalue weighted by atomic mass is 32.1. The number of ether oxygens (including phenoxy) is 1. The molecule has 0 aliphatic heterocycles. The summed E-state index contributed by atoms with van der Waals surface area (Å²) in [5.41, 5.74) is 1.59. The first-order chi connectivity index (χ1) is 12.1. The van der Waals surface area contributed by atoms with Gasteiger partial charge in [0.1, 0.15) is 22.5 Å². The van der Waals surface area contributed by atoms with E-state index in [4.69, 9.17) is 4.74 Å². The average molecular weight is 357 g/mol. The number of aromatic nitrogens is 4. The van der Waals surface area contributed by atoms with Crippen molar-refractivity contribution in [2.24, 2.45) is 7.05 Å². The van der Waals surface area contributed by atoms with E-state index < -0.39 is 6.04 Å². The van der Waals surface area contributed by atoms with Gasteiger partial charge in [0, 0.05) is 19.4 Å². The third kappa shape index (κ3) is 3.53. The van der Waals surface area contributed by atoms with Gasteiger partial charge in [-0.2, -0.15) is 0 Å². The van der Waals surface area contributed by atoms with Gasteiger partial charge in [0.15, 0.2) is 0 Å². The summed E-state index contributed by atoms with van der Waals surface area (Å²) in [4.78, 5) is 17.7. The lowest BCUT2D eigenvalue weighted by molar-refractivity contribution is 0.0944. The number of nitrogens with one attached hydrogen (secondary N) is 1. The maximum Gasteiger partial charge on any atom is 0.265 e. The van der Waals surface area contributed by atoms with Crippen LogP contribution in [0.5, 0.6) is 5.75 Å². The number of methoxy groups -OCH3 is 1. The molecule has 0 spiro atoms. The molecule has 3 rings (SSSR count). The minimum atomic E-state index is -0.408.